The molecule has 1 aromatic rings. The minimum Gasteiger partial charge on any atom is -0.465 e. The maximum Gasteiger partial charge on any atom is 0.338 e. The number of hydrogen-bond acceptors (Lipinski definition) is 4. The third-order valence-electron chi connectivity index (χ3n) is 4.39. The Labute approximate surface area is 119 Å². The second-order valence-corrected chi connectivity index (χ2v) is 5.53. The van der Waals surface area contributed by atoms with Gasteiger partial charge in [-0.15, -0.1) is 0 Å². The third-order valence-corrected chi connectivity index (χ3v) is 4.39. The fourth-order valence-electron chi connectivity index (χ4n) is 3.39. The van der Waals surface area contributed by atoms with Gasteiger partial charge in [0.15, 0.2) is 0 Å². The van der Waals surface area contributed by atoms with Crippen LogP contribution in [0.25, 0.3) is 0 Å². The quantitative estimate of drug-likeness (QED) is 0.793. The molecule has 1 aliphatic carbocycles. The molecule has 4 nitrogen and oxygen atoms in total. The molecule has 1 heterocycles. The number of rotatable bonds is 3. The van der Waals surface area contributed by atoms with Crippen molar-refractivity contribution in [3.63, 3.8) is 0 Å². The smallest absolute Gasteiger partial charge is 0.338 e. The molecule has 2 unspecified atom stereocenters. The van der Waals surface area contributed by atoms with Crippen molar-refractivity contribution in [2.24, 2.45) is 0 Å². The molecule has 1 aromatic carbocycles. The summed E-state index contributed by atoms with van der Waals surface area (Å²) >= 11 is 0. The van der Waals surface area contributed by atoms with Crippen LogP contribution in [0.1, 0.15) is 35.2 Å². The molecular weight excluding hydrogens is 254 g/mol. The summed E-state index contributed by atoms with van der Waals surface area (Å²) in [5.74, 6) is -0.253. The van der Waals surface area contributed by atoms with Gasteiger partial charge >= 0.3 is 5.97 Å². The van der Waals surface area contributed by atoms with Crippen LogP contribution in [0.4, 0.5) is 0 Å². The highest BCUT2D eigenvalue weighted by Crippen LogP contribution is 2.31. The molecule has 2 aliphatic rings. The summed E-state index contributed by atoms with van der Waals surface area (Å²) in [6.07, 6.45) is 3.99. The molecule has 2 atom stereocenters. The minimum atomic E-state index is -0.253. The molecule has 0 radical (unpaired) electrons. The van der Waals surface area contributed by atoms with Crippen molar-refractivity contribution in [1.29, 1.82) is 0 Å². The molecule has 3 rings (SSSR count). The van der Waals surface area contributed by atoms with Gasteiger partial charge < -0.3 is 9.47 Å². The van der Waals surface area contributed by atoms with Crippen LogP contribution in [0.15, 0.2) is 24.3 Å². The molecule has 2 fully saturated rings. The van der Waals surface area contributed by atoms with Crippen LogP contribution >= 0.6 is 0 Å². The van der Waals surface area contributed by atoms with Crippen molar-refractivity contribution in [2.45, 2.75) is 38.0 Å². The Morgan fingerprint density at radius 1 is 1.40 bits per heavy atom. The molecule has 0 N–H and O–H groups in total. The van der Waals surface area contributed by atoms with Crippen LogP contribution in [0.3, 0.4) is 0 Å². The summed E-state index contributed by atoms with van der Waals surface area (Å²) in [7, 11) is 1.43. The lowest BCUT2D eigenvalue weighted by Crippen LogP contribution is -2.48. The third kappa shape index (κ3) is 2.58. The van der Waals surface area contributed by atoms with E-state index in [4.69, 9.17) is 9.47 Å². The number of nitrogens with zero attached hydrogens (tertiary/aromatic N) is 1. The maximum absolute atomic E-state index is 11.8. The summed E-state index contributed by atoms with van der Waals surface area (Å²) in [6, 6.07) is 8.23. The first-order chi connectivity index (χ1) is 9.79. The zero-order valence-electron chi connectivity index (χ0n) is 11.9. The molecule has 0 bridgehead atoms. The second kappa shape index (κ2) is 5.94. The number of methoxy groups -OCH3 is 1. The van der Waals surface area contributed by atoms with Gasteiger partial charge in [0, 0.05) is 19.1 Å². The lowest BCUT2D eigenvalue weighted by molar-refractivity contribution is -0.0588. The van der Waals surface area contributed by atoms with Gasteiger partial charge in [-0.05, 0) is 30.9 Å². The van der Waals surface area contributed by atoms with Crippen molar-refractivity contribution in [1.82, 2.24) is 4.90 Å². The standard InChI is InChI=1S/C16H21NO3/c1-19-16(18)13-6-3-2-5-12(13)11-17-9-10-20-15-8-4-7-14(15)17/h2-3,5-6,14-15H,4,7-11H2,1H3. The van der Waals surface area contributed by atoms with Crippen molar-refractivity contribution < 1.29 is 14.3 Å². The Morgan fingerprint density at radius 2 is 2.25 bits per heavy atom. The van der Waals surface area contributed by atoms with E-state index in [0.29, 0.717) is 17.7 Å². The normalized spacial score (nSPS) is 26.2. The highest BCUT2D eigenvalue weighted by molar-refractivity contribution is 5.90. The maximum atomic E-state index is 11.8. The van der Waals surface area contributed by atoms with Crippen LogP contribution in [-0.2, 0) is 16.0 Å². The molecule has 108 valence electrons. The number of morpholine rings is 1. The largest absolute Gasteiger partial charge is 0.465 e. The van der Waals surface area contributed by atoms with Gasteiger partial charge in [-0.25, -0.2) is 4.79 Å². The number of benzene rings is 1. The summed E-state index contributed by atoms with van der Waals surface area (Å²) < 4.78 is 10.7. The fourth-order valence-corrected chi connectivity index (χ4v) is 3.39. The van der Waals surface area contributed by atoms with E-state index < -0.39 is 0 Å². The lowest BCUT2D eigenvalue weighted by atomic mass is 10.0. The number of carbonyl (C=O) groups is 1. The van der Waals surface area contributed by atoms with E-state index >= 15 is 0 Å². The number of carbonyl (C=O) groups excluding carboxylic acids is 1. The molecule has 1 saturated heterocycles. The van der Waals surface area contributed by atoms with Crippen LogP contribution in [0.2, 0.25) is 0 Å². The Kier molecular flexibility index (Phi) is 4.03. The van der Waals surface area contributed by atoms with Crippen molar-refractivity contribution in [3.8, 4) is 0 Å². The molecule has 0 amide bonds. The topological polar surface area (TPSA) is 38.8 Å². The summed E-state index contributed by atoms with van der Waals surface area (Å²) in [4.78, 5) is 14.3. The number of hydrogen-bond donors (Lipinski definition) is 0. The summed E-state index contributed by atoms with van der Waals surface area (Å²) in [6.45, 7) is 2.54. The molecule has 1 saturated carbocycles. The van der Waals surface area contributed by atoms with Crippen LogP contribution < -0.4 is 0 Å². The van der Waals surface area contributed by atoms with E-state index in [2.05, 4.69) is 4.90 Å². The van der Waals surface area contributed by atoms with Crippen LogP contribution in [-0.4, -0.2) is 43.3 Å². The zero-order chi connectivity index (χ0) is 13.9. The van der Waals surface area contributed by atoms with Gasteiger partial charge in [-0.1, -0.05) is 18.2 Å². The highest BCUT2D eigenvalue weighted by atomic mass is 16.5. The molecule has 1 aliphatic heterocycles. The Hall–Kier alpha value is -1.39. The number of ether oxygens (including phenoxy) is 2. The van der Waals surface area contributed by atoms with E-state index in [9.17, 15) is 4.79 Å². The Morgan fingerprint density at radius 3 is 3.10 bits per heavy atom. The highest BCUT2D eigenvalue weighted by Gasteiger charge is 2.36. The Balaban J connectivity index is 1.78. The molecule has 0 aromatic heterocycles. The first kappa shape index (κ1) is 13.6. The SMILES string of the molecule is COC(=O)c1ccccc1CN1CCOC2CCCC21. The first-order valence-corrected chi connectivity index (χ1v) is 7.31. The van der Waals surface area contributed by atoms with Crippen molar-refractivity contribution in [3.05, 3.63) is 35.4 Å². The predicted octanol–water partition coefficient (Wildman–Crippen LogP) is 2.23. The molecule has 20 heavy (non-hydrogen) atoms. The Bertz CT molecular complexity index is 488. The van der Waals surface area contributed by atoms with Crippen molar-refractivity contribution >= 4 is 5.97 Å². The van der Waals surface area contributed by atoms with Gasteiger partial charge in [0.1, 0.15) is 0 Å². The van der Waals surface area contributed by atoms with Crippen molar-refractivity contribution in [2.75, 3.05) is 20.3 Å². The molecule has 0 spiro atoms. The zero-order valence-corrected chi connectivity index (χ0v) is 11.9. The summed E-state index contributed by atoms with van der Waals surface area (Å²) in [5.41, 5.74) is 1.72. The monoisotopic (exact) mass is 275 g/mol. The number of esters is 1. The average Bonchev–Trinajstić information content (AvgIpc) is 2.96. The van der Waals surface area contributed by atoms with Gasteiger partial charge in [0.2, 0.25) is 0 Å². The first-order valence-electron chi connectivity index (χ1n) is 7.31. The van der Waals surface area contributed by atoms with Gasteiger partial charge in [-0.3, -0.25) is 4.90 Å². The predicted molar refractivity (Wildman–Crippen MR) is 75.6 cm³/mol. The lowest BCUT2D eigenvalue weighted by Gasteiger charge is -2.37. The average molecular weight is 275 g/mol. The van der Waals surface area contributed by atoms with E-state index in [1.54, 1.807) is 0 Å². The van der Waals surface area contributed by atoms with E-state index in [1.165, 1.54) is 26.4 Å². The molecule has 4 heteroatoms. The van der Waals surface area contributed by atoms with Gasteiger partial charge in [0.25, 0.3) is 0 Å². The van der Waals surface area contributed by atoms with E-state index in [1.807, 2.05) is 24.3 Å². The number of fused-ring (bicyclic) bond motifs is 1. The van der Waals surface area contributed by atoms with Crippen LogP contribution in [0.5, 0.6) is 0 Å². The van der Waals surface area contributed by atoms with E-state index in [0.717, 1.165) is 25.3 Å². The van der Waals surface area contributed by atoms with Gasteiger partial charge in [-0.2, -0.15) is 0 Å². The second-order valence-electron chi connectivity index (χ2n) is 5.53. The van der Waals surface area contributed by atoms with Crippen LogP contribution in [0, 0.1) is 0 Å². The summed E-state index contributed by atoms with van der Waals surface area (Å²) in [5, 5.41) is 0. The van der Waals surface area contributed by atoms with E-state index in [-0.39, 0.29) is 5.97 Å². The minimum absolute atomic E-state index is 0.253. The molecular formula is C16H21NO3. The van der Waals surface area contributed by atoms with Gasteiger partial charge in [0.05, 0.1) is 25.4 Å². The fraction of sp³-hybridized carbons (Fsp3) is 0.562.